The van der Waals surface area contributed by atoms with Crippen LogP contribution in [0.3, 0.4) is 0 Å². The van der Waals surface area contributed by atoms with Crippen molar-refractivity contribution in [3.63, 3.8) is 0 Å². The minimum absolute atomic E-state index is 0.233. The molecule has 1 saturated heterocycles. The number of carbonyl (C=O) groups is 1. The molecule has 1 aromatic carbocycles. The third-order valence-electron chi connectivity index (χ3n) is 6.98. The number of benzene rings is 1. The summed E-state index contributed by atoms with van der Waals surface area (Å²) in [5, 5.41) is 11.2. The van der Waals surface area contributed by atoms with Crippen molar-refractivity contribution < 1.29 is 9.32 Å². The minimum Gasteiger partial charge on any atom is -0.360 e. The van der Waals surface area contributed by atoms with E-state index in [1.54, 1.807) is 0 Å². The van der Waals surface area contributed by atoms with Gasteiger partial charge in [0.2, 0.25) is 5.91 Å². The van der Waals surface area contributed by atoms with Crippen LogP contribution in [0.5, 0.6) is 0 Å². The van der Waals surface area contributed by atoms with Crippen molar-refractivity contribution in [2.45, 2.75) is 70.5 Å². The Morgan fingerprint density at radius 3 is 2.75 bits per heavy atom. The number of hydrogen-bond donors (Lipinski definition) is 2. The standard InChI is InChI=1S/C26H38N4O2/c1-30(18-20-8-4-2-5-9-20)19-25-16-24(29-32-25)14-22-17-27-13-12-21(22)15-26(31)28-23-10-6-3-7-11-23/h2,4-5,8-9,16,21-23,27H,3,6-7,10-15,17-19H2,1H3,(H,28,31). The Morgan fingerprint density at radius 1 is 1.12 bits per heavy atom. The van der Waals surface area contributed by atoms with Gasteiger partial charge in [-0.3, -0.25) is 9.69 Å². The van der Waals surface area contributed by atoms with E-state index in [2.05, 4.69) is 58.1 Å². The van der Waals surface area contributed by atoms with Gasteiger partial charge in [0.25, 0.3) is 0 Å². The summed E-state index contributed by atoms with van der Waals surface area (Å²) < 4.78 is 5.64. The highest BCUT2D eigenvalue weighted by molar-refractivity contribution is 5.76. The number of rotatable bonds is 9. The Bertz CT molecular complexity index is 831. The summed E-state index contributed by atoms with van der Waals surface area (Å²) in [5.74, 6) is 1.95. The Hall–Kier alpha value is -2.18. The summed E-state index contributed by atoms with van der Waals surface area (Å²) in [5.41, 5.74) is 2.29. The van der Waals surface area contributed by atoms with Gasteiger partial charge < -0.3 is 15.2 Å². The highest BCUT2D eigenvalue weighted by Gasteiger charge is 2.29. The highest BCUT2D eigenvalue weighted by Crippen LogP contribution is 2.27. The Kier molecular flexibility index (Phi) is 8.35. The Morgan fingerprint density at radius 2 is 1.94 bits per heavy atom. The summed E-state index contributed by atoms with van der Waals surface area (Å²) in [6.07, 6.45) is 8.63. The maximum atomic E-state index is 12.7. The SMILES string of the molecule is CN(Cc1ccccc1)Cc1cc(CC2CNCCC2CC(=O)NC2CCCCC2)no1. The van der Waals surface area contributed by atoms with Gasteiger partial charge in [0.1, 0.15) is 0 Å². The molecule has 2 fully saturated rings. The van der Waals surface area contributed by atoms with Crippen LogP contribution in [0.1, 0.15) is 62.0 Å². The summed E-state index contributed by atoms with van der Waals surface area (Å²) in [4.78, 5) is 14.9. The van der Waals surface area contributed by atoms with Gasteiger partial charge in [0.05, 0.1) is 12.2 Å². The van der Waals surface area contributed by atoms with Crippen LogP contribution in [0.2, 0.25) is 0 Å². The highest BCUT2D eigenvalue weighted by atomic mass is 16.5. The number of amides is 1. The van der Waals surface area contributed by atoms with Gasteiger partial charge in [-0.2, -0.15) is 0 Å². The molecule has 0 spiro atoms. The van der Waals surface area contributed by atoms with Crippen molar-refractivity contribution in [3.8, 4) is 0 Å². The van der Waals surface area contributed by atoms with E-state index in [1.807, 2.05) is 6.07 Å². The van der Waals surface area contributed by atoms with Crippen LogP contribution < -0.4 is 10.6 Å². The second-order valence-corrected chi connectivity index (χ2v) is 9.77. The second kappa shape index (κ2) is 11.6. The molecule has 2 aromatic rings. The monoisotopic (exact) mass is 438 g/mol. The molecule has 2 heterocycles. The molecule has 2 aliphatic rings. The van der Waals surface area contributed by atoms with Crippen LogP contribution in [-0.4, -0.2) is 42.1 Å². The van der Waals surface area contributed by atoms with Gasteiger partial charge in [-0.15, -0.1) is 0 Å². The van der Waals surface area contributed by atoms with Crippen molar-refractivity contribution in [2.24, 2.45) is 11.8 Å². The largest absolute Gasteiger partial charge is 0.360 e. The fourth-order valence-electron chi connectivity index (χ4n) is 5.27. The normalized spacial score (nSPS) is 22.2. The number of piperidine rings is 1. The summed E-state index contributed by atoms with van der Waals surface area (Å²) in [6, 6.07) is 12.9. The first-order valence-corrected chi connectivity index (χ1v) is 12.3. The molecule has 2 N–H and O–H groups in total. The lowest BCUT2D eigenvalue weighted by atomic mass is 9.81. The van der Waals surface area contributed by atoms with E-state index in [4.69, 9.17) is 4.52 Å². The van der Waals surface area contributed by atoms with Gasteiger partial charge in [0.15, 0.2) is 5.76 Å². The lowest BCUT2D eigenvalue weighted by Gasteiger charge is -2.32. The zero-order valence-electron chi connectivity index (χ0n) is 19.4. The van der Waals surface area contributed by atoms with Crippen LogP contribution in [0.15, 0.2) is 40.9 Å². The molecule has 32 heavy (non-hydrogen) atoms. The molecule has 6 heteroatoms. The smallest absolute Gasteiger partial charge is 0.220 e. The number of nitrogens with zero attached hydrogens (tertiary/aromatic N) is 2. The van der Waals surface area contributed by atoms with Gasteiger partial charge >= 0.3 is 0 Å². The lowest BCUT2D eigenvalue weighted by molar-refractivity contribution is -0.123. The van der Waals surface area contributed by atoms with E-state index in [9.17, 15) is 4.79 Å². The molecule has 1 aromatic heterocycles. The zero-order valence-corrected chi connectivity index (χ0v) is 19.4. The van der Waals surface area contributed by atoms with Crippen molar-refractivity contribution >= 4 is 5.91 Å². The summed E-state index contributed by atoms with van der Waals surface area (Å²) >= 11 is 0. The Labute approximate surface area is 192 Å². The second-order valence-electron chi connectivity index (χ2n) is 9.77. The predicted octanol–water partition coefficient (Wildman–Crippen LogP) is 3.91. The van der Waals surface area contributed by atoms with Crippen LogP contribution >= 0.6 is 0 Å². The molecular formula is C26H38N4O2. The van der Waals surface area contributed by atoms with E-state index < -0.39 is 0 Å². The quantitative estimate of drug-likeness (QED) is 0.621. The van der Waals surface area contributed by atoms with Crippen molar-refractivity contribution in [2.75, 3.05) is 20.1 Å². The van der Waals surface area contributed by atoms with Gasteiger partial charge in [-0.05, 0) is 63.2 Å². The fraction of sp³-hybridized carbons (Fsp3) is 0.615. The molecule has 2 atom stereocenters. The molecule has 1 aliphatic carbocycles. The first kappa shape index (κ1) is 23.0. The van der Waals surface area contributed by atoms with Gasteiger partial charge in [-0.25, -0.2) is 0 Å². The van der Waals surface area contributed by atoms with Gasteiger partial charge in [-0.1, -0.05) is 54.8 Å². The number of carbonyl (C=O) groups excluding carboxylic acids is 1. The van der Waals surface area contributed by atoms with Crippen molar-refractivity contribution in [3.05, 3.63) is 53.4 Å². The van der Waals surface area contributed by atoms with Crippen molar-refractivity contribution in [1.29, 1.82) is 0 Å². The molecule has 2 unspecified atom stereocenters. The molecule has 6 nitrogen and oxygen atoms in total. The summed E-state index contributed by atoms with van der Waals surface area (Å²) in [6.45, 7) is 3.54. The third kappa shape index (κ3) is 6.91. The maximum absolute atomic E-state index is 12.7. The number of nitrogens with one attached hydrogen (secondary N) is 2. The number of aromatic nitrogens is 1. The van der Waals surface area contributed by atoms with Crippen molar-refractivity contribution in [1.82, 2.24) is 20.7 Å². The van der Waals surface area contributed by atoms with E-state index >= 15 is 0 Å². The molecule has 1 amide bonds. The molecule has 1 aliphatic heterocycles. The van der Waals surface area contributed by atoms with E-state index in [-0.39, 0.29) is 5.91 Å². The molecule has 1 saturated carbocycles. The lowest BCUT2D eigenvalue weighted by Crippen LogP contribution is -2.42. The molecule has 0 radical (unpaired) electrons. The third-order valence-corrected chi connectivity index (χ3v) is 6.98. The fourth-order valence-corrected chi connectivity index (χ4v) is 5.27. The van der Waals surface area contributed by atoms with Crippen LogP contribution in [0.25, 0.3) is 0 Å². The Balaban J connectivity index is 1.27. The average Bonchev–Trinajstić information content (AvgIpc) is 3.23. The first-order valence-electron chi connectivity index (χ1n) is 12.3. The molecule has 4 rings (SSSR count). The average molecular weight is 439 g/mol. The minimum atomic E-state index is 0.233. The van der Waals surface area contributed by atoms with E-state index in [1.165, 1.54) is 24.8 Å². The molecule has 0 bridgehead atoms. The molecular weight excluding hydrogens is 400 g/mol. The predicted molar refractivity (Wildman–Crippen MR) is 126 cm³/mol. The van der Waals surface area contributed by atoms with Crippen LogP contribution in [0, 0.1) is 11.8 Å². The van der Waals surface area contributed by atoms with E-state index in [0.717, 1.165) is 63.3 Å². The summed E-state index contributed by atoms with van der Waals surface area (Å²) in [7, 11) is 2.10. The topological polar surface area (TPSA) is 70.4 Å². The van der Waals surface area contributed by atoms with Crippen LogP contribution in [-0.2, 0) is 24.3 Å². The molecule has 174 valence electrons. The number of hydrogen-bond acceptors (Lipinski definition) is 5. The van der Waals surface area contributed by atoms with E-state index in [0.29, 0.717) is 24.3 Å². The maximum Gasteiger partial charge on any atom is 0.220 e. The first-order chi connectivity index (χ1) is 15.7. The van der Waals surface area contributed by atoms with Gasteiger partial charge in [0, 0.05) is 25.1 Å². The zero-order chi connectivity index (χ0) is 22.2. The van der Waals surface area contributed by atoms with Crippen LogP contribution in [0.4, 0.5) is 0 Å².